The fourth-order valence-corrected chi connectivity index (χ4v) is 3.37. The molecule has 2 nitrogen and oxygen atoms in total. The lowest BCUT2D eigenvalue weighted by Crippen LogP contribution is -2.31. The van der Waals surface area contributed by atoms with Crippen LogP contribution in [-0.4, -0.2) is 22.9 Å². The molecule has 1 saturated heterocycles. The summed E-state index contributed by atoms with van der Waals surface area (Å²) in [7, 11) is 0. The highest BCUT2D eigenvalue weighted by Gasteiger charge is 2.56. The maximum Gasteiger partial charge on any atom is 0.118 e. The molecule has 0 aromatic carbocycles. The molecule has 0 bridgehead atoms. The molecule has 1 heterocycles. The predicted octanol–water partition coefficient (Wildman–Crippen LogP) is 4.94. The lowest BCUT2D eigenvalue weighted by molar-refractivity contribution is 0.0672. The summed E-state index contributed by atoms with van der Waals surface area (Å²) in [5.41, 5.74) is 3.69. The Morgan fingerprint density at radius 2 is 1.95 bits per heavy atom. The minimum absolute atomic E-state index is 0.205. The number of aliphatic hydroxyl groups is 1. The molecule has 1 fully saturated rings. The molecule has 2 heteroatoms. The minimum Gasteiger partial charge on any atom is -0.390 e. The second kappa shape index (κ2) is 7.14. The molecule has 0 radical (unpaired) electrons. The number of hydrogen-bond donors (Lipinski definition) is 1. The zero-order valence-corrected chi connectivity index (χ0v) is 14.7. The molecule has 4 atom stereocenters. The van der Waals surface area contributed by atoms with Crippen molar-refractivity contribution in [3.8, 4) is 0 Å². The molecule has 0 amide bonds. The van der Waals surface area contributed by atoms with Crippen LogP contribution in [0.1, 0.15) is 66.2 Å². The van der Waals surface area contributed by atoms with Gasteiger partial charge in [0.05, 0.1) is 12.2 Å². The first-order valence-electron chi connectivity index (χ1n) is 8.65. The van der Waals surface area contributed by atoms with Gasteiger partial charge in [-0.2, -0.15) is 0 Å². The highest BCUT2D eigenvalue weighted by molar-refractivity contribution is 5.12. The van der Waals surface area contributed by atoms with E-state index in [4.69, 9.17) is 4.74 Å². The van der Waals surface area contributed by atoms with Gasteiger partial charge in [0.2, 0.25) is 0 Å². The van der Waals surface area contributed by atoms with Crippen LogP contribution < -0.4 is 0 Å². The summed E-state index contributed by atoms with van der Waals surface area (Å²) in [5, 5.41) is 10.6. The van der Waals surface area contributed by atoms with Gasteiger partial charge in [0, 0.05) is 0 Å². The van der Waals surface area contributed by atoms with Crippen molar-refractivity contribution in [2.45, 2.75) is 84.0 Å². The Kier molecular flexibility index (Phi) is 5.68. The number of hydrogen-bond acceptors (Lipinski definition) is 2. The van der Waals surface area contributed by atoms with E-state index < -0.39 is 6.10 Å². The maximum absolute atomic E-state index is 10.6. The van der Waals surface area contributed by atoms with Crippen molar-refractivity contribution >= 4 is 0 Å². The molecular formula is C20H32O2. The van der Waals surface area contributed by atoms with Crippen LogP contribution >= 0.6 is 0 Å². The van der Waals surface area contributed by atoms with E-state index in [0.717, 1.165) is 44.1 Å². The van der Waals surface area contributed by atoms with E-state index in [-0.39, 0.29) is 11.7 Å². The van der Waals surface area contributed by atoms with E-state index in [0.29, 0.717) is 5.92 Å². The first-order valence-corrected chi connectivity index (χ1v) is 8.65. The summed E-state index contributed by atoms with van der Waals surface area (Å²) < 4.78 is 5.87. The molecule has 1 aliphatic carbocycles. The molecule has 2 aliphatic rings. The number of fused-ring (bicyclic) bond motifs is 1. The van der Waals surface area contributed by atoms with Gasteiger partial charge in [-0.15, -0.1) is 0 Å². The van der Waals surface area contributed by atoms with Crippen LogP contribution in [-0.2, 0) is 4.74 Å². The van der Waals surface area contributed by atoms with Crippen LogP contribution in [0.25, 0.3) is 0 Å². The summed E-state index contributed by atoms with van der Waals surface area (Å²) in [5.74, 6) is 0.340. The number of epoxide rings is 1. The van der Waals surface area contributed by atoms with E-state index >= 15 is 0 Å². The molecule has 1 aliphatic heterocycles. The van der Waals surface area contributed by atoms with Crippen LogP contribution in [0.3, 0.4) is 0 Å². The standard InChI is InChI=1S/C20H32O2/c1-14(2)17-11-9-15(3)7-6-8-16(4)10-12-19-20(5,22-19)18(21)13-17/h8-9,17-19,21H,1,6-7,10-13H2,2-5H3/b15-9+,16-8+/t17-,18-,19?,20?/m0/s1. The number of aliphatic hydroxyl groups excluding tert-OH is 1. The van der Waals surface area contributed by atoms with Crippen molar-refractivity contribution in [2.75, 3.05) is 0 Å². The van der Waals surface area contributed by atoms with Crippen LogP contribution in [0, 0.1) is 5.92 Å². The zero-order valence-electron chi connectivity index (χ0n) is 14.7. The minimum atomic E-state index is -0.403. The summed E-state index contributed by atoms with van der Waals surface area (Å²) in [6, 6.07) is 0. The summed E-state index contributed by atoms with van der Waals surface area (Å²) in [4.78, 5) is 0. The quantitative estimate of drug-likeness (QED) is 0.549. The van der Waals surface area contributed by atoms with Crippen LogP contribution in [0.4, 0.5) is 0 Å². The normalized spacial score (nSPS) is 42.1. The largest absolute Gasteiger partial charge is 0.390 e. The van der Waals surface area contributed by atoms with Crippen molar-refractivity contribution < 1.29 is 9.84 Å². The zero-order chi connectivity index (χ0) is 16.3. The third-order valence-electron chi connectivity index (χ3n) is 5.43. The molecule has 0 aromatic rings. The van der Waals surface area contributed by atoms with Crippen molar-refractivity contribution in [3.63, 3.8) is 0 Å². The molecule has 0 aromatic heterocycles. The molecule has 22 heavy (non-hydrogen) atoms. The lowest BCUT2D eigenvalue weighted by Gasteiger charge is -2.23. The predicted molar refractivity (Wildman–Crippen MR) is 92.8 cm³/mol. The molecule has 2 unspecified atom stereocenters. The molecule has 1 N–H and O–H groups in total. The average molecular weight is 304 g/mol. The SMILES string of the molecule is C=C(C)[C@H]1C/C=C(\C)CC/C=C(\C)CCC2OC2(C)[C@@H](O)C1. The molecule has 2 rings (SSSR count). The Morgan fingerprint density at radius 1 is 1.27 bits per heavy atom. The van der Waals surface area contributed by atoms with E-state index in [1.54, 1.807) is 0 Å². The summed E-state index contributed by atoms with van der Waals surface area (Å²) >= 11 is 0. The van der Waals surface area contributed by atoms with Crippen molar-refractivity contribution in [1.82, 2.24) is 0 Å². The second-order valence-corrected chi connectivity index (χ2v) is 7.50. The van der Waals surface area contributed by atoms with Gasteiger partial charge in [0.25, 0.3) is 0 Å². The lowest BCUT2D eigenvalue weighted by atomic mass is 9.85. The Balaban J connectivity index is 2.13. The van der Waals surface area contributed by atoms with Crippen LogP contribution in [0.15, 0.2) is 35.5 Å². The average Bonchev–Trinajstić information content (AvgIpc) is 3.12. The Labute approximate surface area is 136 Å². The Morgan fingerprint density at radius 3 is 2.64 bits per heavy atom. The van der Waals surface area contributed by atoms with Crippen LogP contribution in [0.2, 0.25) is 0 Å². The Bertz CT molecular complexity index is 474. The topological polar surface area (TPSA) is 32.8 Å². The van der Waals surface area contributed by atoms with E-state index in [2.05, 4.69) is 46.4 Å². The van der Waals surface area contributed by atoms with Gasteiger partial charge in [-0.25, -0.2) is 0 Å². The maximum atomic E-state index is 10.6. The molecular weight excluding hydrogens is 272 g/mol. The first kappa shape index (κ1) is 17.5. The van der Waals surface area contributed by atoms with Crippen molar-refractivity contribution in [1.29, 1.82) is 0 Å². The van der Waals surface area contributed by atoms with Crippen molar-refractivity contribution in [2.24, 2.45) is 5.92 Å². The molecule has 124 valence electrons. The molecule has 0 spiro atoms. The number of allylic oxidation sites excluding steroid dienone is 5. The number of rotatable bonds is 1. The van der Waals surface area contributed by atoms with E-state index in [1.165, 1.54) is 11.1 Å². The highest BCUT2D eigenvalue weighted by Crippen LogP contribution is 2.45. The molecule has 0 saturated carbocycles. The Hall–Kier alpha value is -0.860. The number of ether oxygens (including phenoxy) is 1. The van der Waals surface area contributed by atoms with Gasteiger partial charge in [-0.3, -0.25) is 0 Å². The van der Waals surface area contributed by atoms with E-state index in [9.17, 15) is 5.11 Å². The van der Waals surface area contributed by atoms with E-state index in [1.807, 2.05) is 0 Å². The second-order valence-electron chi connectivity index (χ2n) is 7.50. The van der Waals surface area contributed by atoms with Gasteiger partial charge in [-0.05, 0) is 72.1 Å². The summed E-state index contributed by atoms with van der Waals surface area (Å²) in [6.07, 6.45) is 10.5. The third-order valence-corrected chi connectivity index (χ3v) is 5.43. The fourth-order valence-electron chi connectivity index (χ4n) is 3.37. The first-order chi connectivity index (χ1) is 10.3. The van der Waals surface area contributed by atoms with Gasteiger partial charge in [0.15, 0.2) is 0 Å². The van der Waals surface area contributed by atoms with Gasteiger partial charge in [-0.1, -0.05) is 35.5 Å². The van der Waals surface area contributed by atoms with Gasteiger partial charge in [0.1, 0.15) is 5.60 Å². The smallest absolute Gasteiger partial charge is 0.118 e. The fraction of sp³-hybridized carbons (Fsp3) is 0.700. The van der Waals surface area contributed by atoms with Gasteiger partial charge < -0.3 is 9.84 Å². The third kappa shape index (κ3) is 4.33. The highest BCUT2D eigenvalue weighted by atomic mass is 16.6. The monoisotopic (exact) mass is 304 g/mol. The van der Waals surface area contributed by atoms with Crippen molar-refractivity contribution in [3.05, 3.63) is 35.5 Å². The van der Waals surface area contributed by atoms with Gasteiger partial charge >= 0.3 is 0 Å². The van der Waals surface area contributed by atoms with Crippen LogP contribution in [0.5, 0.6) is 0 Å². The summed E-state index contributed by atoms with van der Waals surface area (Å²) in [6.45, 7) is 12.7.